The number of nitrogens with zero attached hydrogens (tertiary/aromatic N) is 2. The lowest BCUT2D eigenvalue weighted by molar-refractivity contribution is -0.135. The Labute approximate surface area is 175 Å². The average molecular weight is 408 g/mol. The summed E-state index contributed by atoms with van der Waals surface area (Å²) < 4.78 is 0. The van der Waals surface area contributed by atoms with E-state index in [1.807, 2.05) is 74.5 Å². The molecule has 1 N–H and O–H groups in total. The molecule has 150 valence electrons. The third-order valence-electron chi connectivity index (χ3n) is 4.42. The maximum atomic E-state index is 13.7. The largest absolute Gasteiger partial charge is 0.332 e. The lowest BCUT2D eigenvalue weighted by Crippen LogP contribution is -2.42. The Kier molecular flexibility index (Phi) is 7.14. The molecule has 3 aromatic rings. The van der Waals surface area contributed by atoms with Gasteiger partial charge in [0.2, 0.25) is 11.8 Å². The minimum Gasteiger partial charge on any atom is -0.332 e. The van der Waals surface area contributed by atoms with E-state index < -0.39 is 5.92 Å². The van der Waals surface area contributed by atoms with E-state index in [2.05, 4.69) is 10.3 Å². The molecule has 0 atom stereocenters. The van der Waals surface area contributed by atoms with Crippen LogP contribution in [0.2, 0.25) is 0 Å². The molecule has 0 aliphatic carbocycles. The second kappa shape index (κ2) is 9.98. The topological polar surface area (TPSA) is 62.3 Å². The molecule has 6 heteroatoms. The van der Waals surface area contributed by atoms with E-state index in [1.165, 1.54) is 11.3 Å². The van der Waals surface area contributed by atoms with Crippen molar-refractivity contribution in [3.63, 3.8) is 0 Å². The minimum atomic E-state index is -0.455. The molecule has 0 radical (unpaired) electrons. The summed E-state index contributed by atoms with van der Waals surface area (Å²) in [5.74, 6) is -0.540. The fraction of sp³-hybridized carbons (Fsp3) is 0.261. The van der Waals surface area contributed by atoms with Crippen LogP contribution in [0.3, 0.4) is 0 Å². The lowest BCUT2D eigenvalue weighted by Gasteiger charge is -2.29. The highest BCUT2D eigenvalue weighted by Gasteiger charge is 2.29. The number of carbonyl (C=O) groups is 2. The summed E-state index contributed by atoms with van der Waals surface area (Å²) in [5, 5.41) is 5.11. The van der Waals surface area contributed by atoms with Gasteiger partial charge in [-0.15, -0.1) is 11.3 Å². The van der Waals surface area contributed by atoms with Gasteiger partial charge in [0.1, 0.15) is 0 Å². The van der Waals surface area contributed by atoms with Gasteiger partial charge in [-0.1, -0.05) is 74.5 Å². The van der Waals surface area contributed by atoms with Gasteiger partial charge in [-0.2, -0.15) is 0 Å². The smallest absolute Gasteiger partial charge is 0.245 e. The van der Waals surface area contributed by atoms with Crippen LogP contribution in [0, 0.1) is 5.92 Å². The Bertz CT molecular complexity index is 872. The molecule has 0 saturated heterocycles. The van der Waals surface area contributed by atoms with E-state index in [4.69, 9.17) is 0 Å². The van der Waals surface area contributed by atoms with Gasteiger partial charge in [0.15, 0.2) is 5.13 Å². The molecule has 1 heterocycles. The molecular formula is C23H25N3O2S. The third kappa shape index (κ3) is 5.74. The molecule has 0 bridgehead atoms. The first-order valence-electron chi connectivity index (χ1n) is 9.62. The first kappa shape index (κ1) is 20.7. The first-order valence-corrected chi connectivity index (χ1v) is 10.5. The molecule has 2 aromatic carbocycles. The zero-order chi connectivity index (χ0) is 20.6. The van der Waals surface area contributed by atoms with E-state index in [0.29, 0.717) is 11.7 Å². The highest BCUT2D eigenvalue weighted by molar-refractivity contribution is 7.13. The predicted molar refractivity (Wildman–Crippen MR) is 117 cm³/mol. The van der Waals surface area contributed by atoms with Gasteiger partial charge < -0.3 is 10.2 Å². The van der Waals surface area contributed by atoms with E-state index in [1.54, 1.807) is 16.5 Å². The predicted octanol–water partition coefficient (Wildman–Crippen LogP) is 4.40. The Hall–Kier alpha value is -2.99. The maximum Gasteiger partial charge on any atom is 0.245 e. The van der Waals surface area contributed by atoms with Crippen LogP contribution in [-0.4, -0.2) is 34.8 Å². The molecule has 2 amide bonds. The van der Waals surface area contributed by atoms with Gasteiger partial charge in [0.25, 0.3) is 0 Å². The van der Waals surface area contributed by atoms with Gasteiger partial charge in [-0.25, -0.2) is 4.98 Å². The van der Waals surface area contributed by atoms with Crippen LogP contribution < -0.4 is 5.32 Å². The van der Waals surface area contributed by atoms with Gasteiger partial charge in [0.05, 0.1) is 12.5 Å². The molecule has 0 unspecified atom stereocenters. The highest BCUT2D eigenvalue weighted by Crippen LogP contribution is 2.27. The van der Waals surface area contributed by atoms with Crippen LogP contribution in [-0.2, 0) is 9.59 Å². The van der Waals surface area contributed by atoms with Gasteiger partial charge in [0, 0.05) is 18.1 Å². The first-order chi connectivity index (χ1) is 14.0. The summed E-state index contributed by atoms with van der Waals surface area (Å²) in [5.41, 5.74) is 1.83. The van der Waals surface area contributed by atoms with Crippen molar-refractivity contribution in [2.75, 3.05) is 18.4 Å². The highest BCUT2D eigenvalue weighted by atomic mass is 32.1. The molecule has 0 saturated carbocycles. The van der Waals surface area contributed by atoms with Crippen molar-refractivity contribution in [1.82, 2.24) is 9.88 Å². The second-order valence-corrected chi connectivity index (χ2v) is 8.15. The Morgan fingerprint density at radius 3 is 2.07 bits per heavy atom. The van der Waals surface area contributed by atoms with E-state index in [0.717, 1.165) is 11.1 Å². The fourth-order valence-corrected chi connectivity index (χ4v) is 3.79. The van der Waals surface area contributed by atoms with Gasteiger partial charge in [-0.05, 0) is 17.0 Å². The molecular weight excluding hydrogens is 382 g/mol. The number of amides is 2. The number of nitrogens with one attached hydrogen (secondary N) is 1. The van der Waals surface area contributed by atoms with Crippen LogP contribution in [0.1, 0.15) is 30.9 Å². The Morgan fingerprint density at radius 2 is 1.59 bits per heavy atom. The summed E-state index contributed by atoms with van der Waals surface area (Å²) in [6.45, 7) is 4.57. The molecule has 0 aliphatic rings. The molecule has 0 spiro atoms. The van der Waals surface area contributed by atoms with E-state index in [-0.39, 0.29) is 24.3 Å². The summed E-state index contributed by atoms with van der Waals surface area (Å²) in [4.78, 5) is 31.9. The van der Waals surface area contributed by atoms with Gasteiger partial charge >= 0.3 is 0 Å². The Morgan fingerprint density at radius 1 is 1.00 bits per heavy atom. The molecule has 3 rings (SSSR count). The summed E-state index contributed by atoms with van der Waals surface area (Å²) in [6, 6.07) is 19.4. The van der Waals surface area contributed by atoms with Crippen molar-refractivity contribution in [2.24, 2.45) is 5.92 Å². The number of carbonyl (C=O) groups excluding carboxylic acids is 2. The number of thiazole rings is 1. The molecule has 5 nitrogen and oxygen atoms in total. The van der Waals surface area contributed by atoms with Crippen molar-refractivity contribution in [3.8, 4) is 0 Å². The summed E-state index contributed by atoms with van der Waals surface area (Å²) in [6.07, 6.45) is 1.64. The minimum absolute atomic E-state index is 0.00718. The second-order valence-electron chi connectivity index (χ2n) is 7.25. The van der Waals surface area contributed by atoms with Crippen LogP contribution in [0.4, 0.5) is 5.13 Å². The number of anilines is 1. The molecule has 0 aliphatic heterocycles. The normalized spacial score (nSPS) is 10.9. The van der Waals surface area contributed by atoms with E-state index in [9.17, 15) is 9.59 Å². The zero-order valence-electron chi connectivity index (χ0n) is 16.6. The SMILES string of the molecule is CC(C)CN(CC(=O)Nc1nccs1)C(=O)C(c1ccccc1)c1ccccc1. The third-order valence-corrected chi connectivity index (χ3v) is 5.11. The van der Waals surface area contributed by atoms with Crippen LogP contribution >= 0.6 is 11.3 Å². The molecule has 29 heavy (non-hydrogen) atoms. The number of hydrogen-bond donors (Lipinski definition) is 1. The van der Waals surface area contributed by atoms with Crippen LogP contribution in [0.15, 0.2) is 72.2 Å². The lowest BCUT2D eigenvalue weighted by atomic mass is 9.89. The standard InChI is InChI=1S/C23H25N3O2S/c1-17(2)15-26(16-20(27)25-23-24-13-14-29-23)22(28)21(18-9-5-3-6-10-18)19-11-7-4-8-12-19/h3-14,17,21H,15-16H2,1-2H3,(H,24,25,27). The monoisotopic (exact) mass is 407 g/mol. The zero-order valence-corrected chi connectivity index (χ0v) is 17.4. The van der Waals surface area contributed by atoms with Crippen molar-refractivity contribution >= 4 is 28.3 Å². The number of aromatic nitrogens is 1. The van der Waals surface area contributed by atoms with Gasteiger partial charge in [-0.3, -0.25) is 9.59 Å². The van der Waals surface area contributed by atoms with Crippen molar-refractivity contribution in [1.29, 1.82) is 0 Å². The Balaban J connectivity index is 1.87. The molecule has 1 aromatic heterocycles. The fourth-order valence-electron chi connectivity index (χ4n) is 3.24. The summed E-state index contributed by atoms with van der Waals surface area (Å²) in [7, 11) is 0. The number of hydrogen-bond acceptors (Lipinski definition) is 4. The molecule has 0 fully saturated rings. The van der Waals surface area contributed by atoms with Crippen LogP contribution in [0.25, 0.3) is 0 Å². The average Bonchev–Trinajstić information content (AvgIpc) is 3.22. The van der Waals surface area contributed by atoms with E-state index >= 15 is 0 Å². The van der Waals surface area contributed by atoms with Crippen molar-refractivity contribution in [3.05, 3.63) is 83.4 Å². The van der Waals surface area contributed by atoms with Crippen molar-refractivity contribution in [2.45, 2.75) is 19.8 Å². The van der Waals surface area contributed by atoms with Crippen LogP contribution in [0.5, 0.6) is 0 Å². The number of benzene rings is 2. The quantitative estimate of drug-likeness (QED) is 0.602. The number of rotatable bonds is 8. The summed E-state index contributed by atoms with van der Waals surface area (Å²) >= 11 is 1.35. The maximum absolute atomic E-state index is 13.7. The van der Waals surface area contributed by atoms with Crippen molar-refractivity contribution < 1.29 is 9.59 Å².